The van der Waals surface area contributed by atoms with Gasteiger partial charge in [0.25, 0.3) is 0 Å². The Morgan fingerprint density at radius 1 is 1.27 bits per heavy atom. The fraction of sp³-hybridized carbons (Fsp3) is 0.222. The molecular formula is C18H17ClFN5O. The van der Waals surface area contributed by atoms with Crippen LogP contribution in [0.3, 0.4) is 0 Å². The van der Waals surface area contributed by atoms with E-state index in [0.29, 0.717) is 23.0 Å². The van der Waals surface area contributed by atoms with Crippen LogP contribution in [0.15, 0.2) is 42.5 Å². The molecule has 0 saturated heterocycles. The van der Waals surface area contributed by atoms with E-state index in [2.05, 4.69) is 15.4 Å². The van der Waals surface area contributed by atoms with E-state index in [0.717, 1.165) is 11.3 Å². The number of ether oxygens (including phenoxy) is 1. The number of rotatable bonds is 3. The molecule has 2 aromatic carbocycles. The van der Waals surface area contributed by atoms with Crippen molar-refractivity contribution < 1.29 is 9.13 Å². The topological polar surface area (TPSA) is 78.0 Å². The zero-order valence-electron chi connectivity index (χ0n) is 14.0. The van der Waals surface area contributed by atoms with E-state index >= 15 is 0 Å². The summed E-state index contributed by atoms with van der Waals surface area (Å²) in [6.45, 7) is 0. The van der Waals surface area contributed by atoms with Crippen LogP contribution in [0.4, 0.5) is 16.3 Å². The van der Waals surface area contributed by atoms with Crippen molar-refractivity contribution in [1.82, 2.24) is 14.8 Å². The number of nitrogen functional groups attached to an aromatic ring is 1. The van der Waals surface area contributed by atoms with E-state index < -0.39 is 6.04 Å². The molecule has 26 heavy (non-hydrogen) atoms. The van der Waals surface area contributed by atoms with Crippen LogP contribution in [0.5, 0.6) is 5.75 Å². The number of halogens is 2. The summed E-state index contributed by atoms with van der Waals surface area (Å²) in [5.74, 6) is 1.00. The molecule has 1 aromatic heterocycles. The number of methoxy groups -OCH3 is 1. The first kappa shape index (κ1) is 16.7. The van der Waals surface area contributed by atoms with Crippen LogP contribution >= 0.6 is 11.6 Å². The molecule has 2 heterocycles. The summed E-state index contributed by atoms with van der Waals surface area (Å²) in [7, 11) is 1.62. The van der Waals surface area contributed by atoms with Gasteiger partial charge in [-0.25, -0.2) is 9.07 Å². The van der Waals surface area contributed by atoms with E-state index in [-0.39, 0.29) is 17.8 Å². The highest BCUT2D eigenvalue weighted by molar-refractivity contribution is 6.31. The molecule has 0 bridgehead atoms. The van der Waals surface area contributed by atoms with E-state index in [9.17, 15) is 4.39 Å². The molecule has 6 nitrogen and oxygen atoms in total. The molecule has 3 N–H and O–H groups in total. The van der Waals surface area contributed by atoms with Crippen LogP contribution < -0.4 is 15.8 Å². The summed E-state index contributed by atoms with van der Waals surface area (Å²) in [6.07, 6.45) is 0.544. The lowest BCUT2D eigenvalue weighted by Crippen LogP contribution is -2.28. The lowest BCUT2D eigenvalue weighted by molar-refractivity contribution is 0.410. The lowest BCUT2D eigenvalue weighted by Gasteiger charge is -2.32. The molecule has 0 saturated carbocycles. The predicted molar refractivity (Wildman–Crippen MR) is 98.0 cm³/mol. The van der Waals surface area contributed by atoms with Gasteiger partial charge >= 0.3 is 0 Å². The second-order valence-electron chi connectivity index (χ2n) is 6.10. The highest BCUT2D eigenvalue weighted by atomic mass is 35.5. The van der Waals surface area contributed by atoms with Crippen LogP contribution in [0.1, 0.15) is 29.6 Å². The van der Waals surface area contributed by atoms with Gasteiger partial charge in [0.2, 0.25) is 11.9 Å². The Morgan fingerprint density at radius 3 is 2.73 bits per heavy atom. The Labute approximate surface area is 154 Å². The quantitative estimate of drug-likeness (QED) is 0.730. The van der Waals surface area contributed by atoms with Gasteiger partial charge in [0, 0.05) is 10.6 Å². The number of benzene rings is 2. The van der Waals surface area contributed by atoms with E-state index in [1.165, 1.54) is 6.07 Å². The summed E-state index contributed by atoms with van der Waals surface area (Å²) in [5.41, 5.74) is 7.18. The van der Waals surface area contributed by atoms with Gasteiger partial charge < -0.3 is 15.8 Å². The van der Waals surface area contributed by atoms with Crippen molar-refractivity contribution in [2.75, 3.05) is 18.2 Å². The average molecular weight is 374 g/mol. The van der Waals surface area contributed by atoms with Crippen molar-refractivity contribution in [1.29, 1.82) is 0 Å². The molecule has 2 atom stereocenters. The maximum atomic E-state index is 14.5. The number of nitrogens with one attached hydrogen (secondary N) is 1. The van der Waals surface area contributed by atoms with Crippen molar-refractivity contribution in [3.05, 3.63) is 64.4 Å². The Morgan fingerprint density at radius 2 is 2.04 bits per heavy atom. The molecule has 0 aliphatic carbocycles. The van der Waals surface area contributed by atoms with Crippen molar-refractivity contribution in [3.63, 3.8) is 0 Å². The molecule has 4 rings (SSSR count). The fourth-order valence-electron chi connectivity index (χ4n) is 3.32. The van der Waals surface area contributed by atoms with Gasteiger partial charge in [0.05, 0.1) is 19.2 Å². The van der Waals surface area contributed by atoms with Gasteiger partial charge in [-0.15, -0.1) is 5.10 Å². The first-order valence-corrected chi connectivity index (χ1v) is 8.51. The predicted octanol–water partition coefficient (Wildman–Crippen LogP) is 3.81. The second-order valence-corrected chi connectivity index (χ2v) is 6.50. The molecule has 0 fully saturated rings. The monoisotopic (exact) mass is 373 g/mol. The van der Waals surface area contributed by atoms with Gasteiger partial charge in [-0.2, -0.15) is 4.98 Å². The Balaban J connectivity index is 1.78. The zero-order valence-corrected chi connectivity index (χ0v) is 14.7. The number of fused-ring (bicyclic) bond motifs is 1. The largest absolute Gasteiger partial charge is 0.497 e. The smallest absolute Gasteiger partial charge is 0.241 e. The minimum atomic E-state index is -0.420. The van der Waals surface area contributed by atoms with Crippen LogP contribution in [-0.4, -0.2) is 21.9 Å². The van der Waals surface area contributed by atoms with Gasteiger partial charge in [-0.05, 0) is 36.2 Å². The third-order valence-corrected chi connectivity index (χ3v) is 4.89. The van der Waals surface area contributed by atoms with Crippen molar-refractivity contribution in [2.45, 2.75) is 18.5 Å². The minimum Gasteiger partial charge on any atom is -0.497 e. The summed E-state index contributed by atoms with van der Waals surface area (Å²) < 4.78 is 21.4. The van der Waals surface area contributed by atoms with Crippen molar-refractivity contribution >= 4 is 23.5 Å². The van der Waals surface area contributed by atoms with Gasteiger partial charge in [-0.3, -0.25) is 0 Å². The Kier molecular flexibility index (Phi) is 4.16. The molecule has 1 aliphatic rings. The maximum Gasteiger partial charge on any atom is 0.241 e. The third kappa shape index (κ3) is 2.84. The molecule has 0 spiro atoms. The molecule has 0 radical (unpaired) electrons. The van der Waals surface area contributed by atoms with Gasteiger partial charge in [0.1, 0.15) is 11.6 Å². The number of aromatic nitrogens is 3. The summed E-state index contributed by atoms with van der Waals surface area (Å²) in [5, 5.41) is 7.89. The SMILES string of the molecule is COc1ccc([C@@H]2C[C@H](c3c(F)cccc3Cl)n3nc(N)nc3N2)cc1. The highest BCUT2D eigenvalue weighted by Gasteiger charge is 2.33. The Bertz CT molecular complexity index is 923. The summed E-state index contributed by atoms with van der Waals surface area (Å²) >= 11 is 6.30. The molecule has 0 unspecified atom stereocenters. The van der Waals surface area contributed by atoms with Crippen molar-refractivity contribution in [3.8, 4) is 5.75 Å². The molecular weight excluding hydrogens is 357 g/mol. The molecule has 0 amide bonds. The Hall–Kier alpha value is -2.80. The first-order valence-electron chi connectivity index (χ1n) is 8.13. The van der Waals surface area contributed by atoms with Crippen molar-refractivity contribution in [2.24, 2.45) is 0 Å². The highest BCUT2D eigenvalue weighted by Crippen LogP contribution is 2.41. The first-order chi connectivity index (χ1) is 12.6. The standard InChI is InChI=1S/C18H17ClFN5O/c1-26-11-7-5-10(6-8-11)14-9-15(16-12(19)3-2-4-13(16)20)25-18(22-14)23-17(21)24-25/h2-8,14-15H,9H2,1H3,(H3,21,22,23,24)/t14-,15+/m0/s1. The molecule has 1 aliphatic heterocycles. The normalized spacial score (nSPS) is 18.9. The number of nitrogens with two attached hydrogens (primary N) is 1. The number of nitrogens with zero attached hydrogens (tertiary/aromatic N) is 3. The van der Waals surface area contributed by atoms with Gasteiger partial charge in [0.15, 0.2) is 0 Å². The van der Waals surface area contributed by atoms with Crippen LogP contribution in [0, 0.1) is 5.82 Å². The van der Waals surface area contributed by atoms with Crippen LogP contribution in [0.25, 0.3) is 0 Å². The summed E-state index contributed by atoms with van der Waals surface area (Å²) in [6, 6.07) is 11.8. The summed E-state index contributed by atoms with van der Waals surface area (Å²) in [4.78, 5) is 4.22. The average Bonchev–Trinajstić information content (AvgIpc) is 3.02. The van der Waals surface area contributed by atoms with E-state index in [1.54, 1.807) is 23.9 Å². The van der Waals surface area contributed by atoms with E-state index in [1.807, 2.05) is 24.3 Å². The number of hydrogen-bond acceptors (Lipinski definition) is 5. The minimum absolute atomic E-state index is 0.0994. The zero-order chi connectivity index (χ0) is 18.3. The molecule has 134 valence electrons. The van der Waals surface area contributed by atoms with Crippen LogP contribution in [0.2, 0.25) is 5.02 Å². The third-order valence-electron chi connectivity index (χ3n) is 4.56. The lowest BCUT2D eigenvalue weighted by atomic mass is 9.93. The van der Waals surface area contributed by atoms with E-state index in [4.69, 9.17) is 22.1 Å². The van der Waals surface area contributed by atoms with Crippen LogP contribution in [-0.2, 0) is 0 Å². The van der Waals surface area contributed by atoms with Gasteiger partial charge in [-0.1, -0.05) is 29.8 Å². The second kappa shape index (κ2) is 6.49. The molecule has 3 aromatic rings. The fourth-order valence-corrected chi connectivity index (χ4v) is 3.61. The number of hydrogen-bond donors (Lipinski definition) is 2. The molecule has 8 heteroatoms. The maximum absolute atomic E-state index is 14.5. The number of anilines is 2.